The summed E-state index contributed by atoms with van der Waals surface area (Å²) >= 11 is 17.8. The van der Waals surface area contributed by atoms with Crippen molar-refractivity contribution < 1.29 is 0 Å². The Morgan fingerprint density at radius 3 is 2.64 bits per heavy atom. The molecule has 2 aromatic carbocycles. The van der Waals surface area contributed by atoms with Crippen molar-refractivity contribution in [1.29, 1.82) is 0 Å². The zero-order valence-electron chi connectivity index (χ0n) is 11.1. The van der Waals surface area contributed by atoms with Gasteiger partial charge in [-0.1, -0.05) is 41.4 Å². The number of nitrogens with one attached hydrogen (secondary N) is 1. The molecular formula is C15H9Cl3N4. The number of aromatic nitrogens is 2. The average molecular weight is 352 g/mol. The first kappa shape index (κ1) is 15.0. The SMILES string of the molecule is Clc1ccc(/C=N\Nc2nc(Cl)nc3ccccc23)c(Cl)c1. The molecule has 3 aromatic rings. The van der Waals surface area contributed by atoms with E-state index in [4.69, 9.17) is 34.8 Å². The molecule has 0 bridgehead atoms. The molecule has 0 saturated heterocycles. The highest BCUT2D eigenvalue weighted by atomic mass is 35.5. The highest BCUT2D eigenvalue weighted by molar-refractivity contribution is 6.36. The Balaban J connectivity index is 1.89. The maximum absolute atomic E-state index is 6.08. The summed E-state index contributed by atoms with van der Waals surface area (Å²) < 4.78 is 0. The zero-order chi connectivity index (χ0) is 15.5. The van der Waals surface area contributed by atoms with Crippen LogP contribution >= 0.6 is 34.8 Å². The van der Waals surface area contributed by atoms with Gasteiger partial charge in [0.05, 0.1) is 16.8 Å². The molecule has 22 heavy (non-hydrogen) atoms. The van der Waals surface area contributed by atoms with Crippen LogP contribution in [0.3, 0.4) is 0 Å². The predicted molar refractivity (Wildman–Crippen MR) is 92.2 cm³/mol. The van der Waals surface area contributed by atoms with Crippen LogP contribution in [0.4, 0.5) is 5.82 Å². The fourth-order valence-electron chi connectivity index (χ4n) is 1.90. The molecule has 1 N–H and O–H groups in total. The van der Waals surface area contributed by atoms with Gasteiger partial charge in [0.15, 0.2) is 5.82 Å². The third kappa shape index (κ3) is 3.30. The largest absolute Gasteiger partial charge is 0.261 e. The van der Waals surface area contributed by atoms with E-state index >= 15 is 0 Å². The monoisotopic (exact) mass is 350 g/mol. The van der Waals surface area contributed by atoms with E-state index in [0.29, 0.717) is 15.9 Å². The van der Waals surface area contributed by atoms with Crippen LogP contribution in [0.2, 0.25) is 15.3 Å². The number of para-hydroxylation sites is 1. The zero-order valence-corrected chi connectivity index (χ0v) is 13.4. The highest BCUT2D eigenvalue weighted by Crippen LogP contribution is 2.22. The smallest absolute Gasteiger partial charge is 0.224 e. The van der Waals surface area contributed by atoms with E-state index in [2.05, 4.69) is 20.5 Å². The van der Waals surface area contributed by atoms with Gasteiger partial charge in [-0.3, -0.25) is 5.43 Å². The first-order valence-corrected chi connectivity index (χ1v) is 7.43. The van der Waals surface area contributed by atoms with E-state index in [1.807, 2.05) is 24.3 Å². The molecule has 4 nitrogen and oxygen atoms in total. The minimum atomic E-state index is 0.154. The number of fused-ring (bicyclic) bond motifs is 1. The minimum Gasteiger partial charge on any atom is -0.261 e. The number of hydrogen-bond donors (Lipinski definition) is 1. The van der Waals surface area contributed by atoms with Crippen molar-refractivity contribution in [3.8, 4) is 0 Å². The van der Waals surface area contributed by atoms with E-state index in [1.54, 1.807) is 24.4 Å². The Labute approximate surface area is 141 Å². The second kappa shape index (κ2) is 6.48. The predicted octanol–water partition coefficient (Wildman–Crippen LogP) is 5.04. The maximum Gasteiger partial charge on any atom is 0.224 e. The third-order valence-corrected chi connectivity index (χ3v) is 3.64. The van der Waals surface area contributed by atoms with Gasteiger partial charge >= 0.3 is 0 Å². The minimum absolute atomic E-state index is 0.154. The molecule has 7 heteroatoms. The molecule has 0 aliphatic rings. The van der Waals surface area contributed by atoms with Gasteiger partial charge in [0.1, 0.15) is 0 Å². The van der Waals surface area contributed by atoms with Gasteiger partial charge in [-0.15, -0.1) is 0 Å². The first-order chi connectivity index (χ1) is 10.6. The summed E-state index contributed by atoms with van der Waals surface area (Å²) in [7, 11) is 0. The summed E-state index contributed by atoms with van der Waals surface area (Å²) in [5.41, 5.74) is 4.34. The van der Waals surface area contributed by atoms with Gasteiger partial charge in [0.2, 0.25) is 5.28 Å². The van der Waals surface area contributed by atoms with Crippen molar-refractivity contribution in [2.24, 2.45) is 5.10 Å². The fourth-order valence-corrected chi connectivity index (χ4v) is 2.54. The molecule has 0 aliphatic carbocycles. The molecule has 0 atom stereocenters. The Bertz CT molecular complexity index is 865. The molecule has 0 fully saturated rings. The van der Waals surface area contributed by atoms with E-state index < -0.39 is 0 Å². The van der Waals surface area contributed by atoms with Gasteiger partial charge in [0.25, 0.3) is 0 Å². The van der Waals surface area contributed by atoms with Crippen LogP contribution in [0.5, 0.6) is 0 Å². The number of rotatable bonds is 3. The summed E-state index contributed by atoms with van der Waals surface area (Å²) in [5, 5.41) is 6.21. The van der Waals surface area contributed by atoms with E-state index in [1.165, 1.54) is 0 Å². The number of hydrogen-bond acceptors (Lipinski definition) is 4. The standard InChI is InChI=1S/C15H9Cl3N4/c16-10-6-5-9(12(17)7-10)8-19-22-14-11-3-1-2-4-13(11)20-15(18)21-14/h1-8H,(H,20,21,22)/b19-8-. The van der Waals surface area contributed by atoms with Crippen molar-refractivity contribution in [3.63, 3.8) is 0 Å². The maximum atomic E-state index is 6.08. The van der Waals surface area contributed by atoms with Gasteiger partial charge in [-0.25, -0.2) is 4.98 Å². The lowest BCUT2D eigenvalue weighted by molar-refractivity contribution is 1.18. The molecular weight excluding hydrogens is 343 g/mol. The van der Waals surface area contributed by atoms with Crippen LogP contribution in [-0.4, -0.2) is 16.2 Å². The Kier molecular flexibility index (Phi) is 4.43. The summed E-state index contributed by atoms with van der Waals surface area (Å²) in [4.78, 5) is 8.30. The van der Waals surface area contributed by atoms with E-state index in [-0.39, 0.29) is 5.28 Å². The Hall–Kier alpha value is -1.88. The molecule has 1 aromatic heterocycles. The normalized spacial score (nSPS) is 11.2. The lowest BCUT2D eigenvalue weighted by atomic mass is 10.2. The second-order valence-corrected chi connectivity index (χ2v) is 5.58. The molecule has 110 valence electrons. The summed E-state index contributed by atoms with van der Waals surface area (Å²) in [5.74, 6) is 0.525. The quantitative estimate of drug-likeness (QED) is 0.409. The van der Waals surface area contributed by atoms with Crippen LogP contribution in [0.25, 0.3) is 10.9 Å². The average Bonchev–Trinajstić information content (AvgIpc) is 2.49. The van der Waals surface area contributed by atoms with E-state index in [9.17, 15) is 0 Å². The summed E-state index contributed by atoms with van der Waals surface area (Å²) in [6.07, 6.45) is 1.59. The van der Waals surface area contributed by atoms with Crippen LogP contribution < -0.4 is 5.43 Å². The van der Waals surface area contributed by atoms with Crippen molar-refractivity contribution >= 4 is 57.7 Å². The van der Waals surface area contributed by atoms with Crippen LogP contribution in [-0.2, 0) is 0 Å². The van der Waals surface area contributed by atoms with Gasteiger partial charge < -0.3 is 0 Å². The second-order valence-electron chi connectivity index (χ2n) is 4.39. The molecule has 0 spiro atoms. The molecule has 0 aliphatic heterocycles. The number of halogens is 3. The molecule has 0 unspecified atom stereocenters. The number of anilines is 1. The van der Waals surface area contributed by atoms with Crippen LogP contribution in [0.1, 0.15) is 5.56 Å². The van der Waals surface area contributed by atoms with E-state index in [0.717, 1.165) is 16.5 Å². The summed E-state index contributed by atoms with van der Waals surface area (Å²) in [6, 6.07) is 12.7. The molecule has 0 amide bonds. The molecule has 0 saturated carbocycles. The van der Waals surface area contributed by atoms with Gasteiger partial charge in [0, 0.05) is 16.0 Å². The highest BCUT2D eigenvalue weighted by Gasteiger charge is 2.05. The van der Waals surface area contributed by atoms with Gasteiger partial charge in [-0.2, -0.15) is 10.1 Å². The van der Waals surface area contributed by atoms with Crippen molar-refractivity contribution in [2.45, 2.75) is 0 Å². The van der Waals surface area contributed by atoms with Crippen molar-refractivity contribution in [3.05, 3.63) is 63.4 Å². The van der Waals surface area contributed by atoms with Crippen LogP contribution in [0.15, 0.2) is 47.6 Å². The topological polar surface area (TPSA) is 50.2 Å². The number of hydrazone groups is 1. The summed E-state index contributed by atoms with van der Waals surface area (Å²) in [6.45, 7) is 0. The Morgan fingerprint density at radius 1 is 1.00 bits per heavy atom. The van der Waals surface area contributed by atoms with Crippen molar-refractivity contribution in [1.82, 2.24) is 9.97 Å². The number of benzene rings is 2. The first-order valence-electron chi connectivity index (χ1n) is 6.30. The molecule has 0 radical (unpaired) electrons. The Morgan fingerprint density at radius 2 is 1.82 bits per heavy atom. The molecule has 3 rings (SSSR count). The van der Waals surface area contributed by atoms with Gasteiger partial charge in [-0.05, 0) is 35.9 Å². The fraction of sp³-hybridized carbons (Fsp3) is 0. The van der Waals surface area contributed by atoms with Crippen LogP contribution in [0, 0.1) is 0 Å². The lowest BCUT2D eigenvalue weighted by Crippen LogP contribution is -1.97. The van der Waals surface area contributed by atoms with Crippen molar-refractivity contribution in [2.75, 3.05) is 5.43 Å². The molecule has 1 heterocycles. The third-order valence-electron chi connectivity index (χ3n) is 2.91. The lowest BCUT2D eigenvalue weighted by Gasteiger charge is -2.05. The number of nitrogens with zero attached hydrogens (tertiary/aromatic N) is 3.